The third kappa shape index (κ3) is 6.42. The second-order valence-corrected chi connectivity index (χ2v) is 11.6. The lowest BCUT2D eigenvalue weighted by Gasteiger charge is -2.39. The van der Waals surface area contributed by atoms with Crippen LogP contribution in [-0.4, -0.2) is 71.6 Å². The highest BCUT2D eigenvalue weighted by atomic mass is 16.6. The molecule has 2 N–H and O–H groups in total. The standard InChI is InChI=1S/C31H36N8O3/c40-30(38(21-28-32-12-13-33-28)22-29-34-14-15-35-29)25-7-5-24(6-8-25)19-37-18-11-31(23-37)9-16-36(17-10-31)20-26-3-1-2-4-27(26)39(41)42/h1-8,12-15H,9-11,16-23H2,(H,32,33)(H,34,35). The molecule has 11 nitrogen and oxygen atoms in total. The molecule has 2 aromatic heterocycles. The summed E-state index contributed by atoms with van der Waals surface area (Å²) in [5.74, 6) is 1.38. The van der Waals surface area contributed by atoms with E-state index in [0.29, 0.717) is 30.6 Å². The maximum absolute atomic E-state index is 13.4. The zero-order valence-electron chi connectivity index (χ0n) is 23.6. The maximum atomic E-state index is 13.4. The molecule has 1 amide bonds. The number of H-pyrrole nitrogens is 2. The molecule has 11 heteroatoms. The molecular formula is C31H36N8O3. The predicted octanol–water partition coefficient (Wildman–Crippen LogP) is 4.37. The number of amides is 1. The smallest absolute Gasteiger partial charge is 0.273 e. The number of benzene rings is 2. The number of hydrogen-bond acceptors (Lipinski definition) is 7. The van der Waals surface area contributed by atoms with Gasteiger partial charge in [-0.1, -0.05) is 30.3 Å². The van der Waals surface area contributed by atoms with Crippen molar-refractivity contribution >= 4 is 11.6 Å². The first kappa shape index (κ1) is 27.8. The van der Waals surface area contributed by atoms with Crippen molar-refractivity contribution in [1.82, 2.24) is 34.6 Å². The Morgan fingerprint density at radius 1 is 0.881 bits per heavy atom. The number of piperidine rings is 1. The molecule has 2 aliphatic rings. The molecule has 0 aliphatic carbocycles. The van der Waals surface area contributed by atoms with E-state index < -0.39 is 0 Å². The molecule has 0 radical (unpaired) electrons. The SMILES string of the molecule is O=C(c1ccc(CN2CCC3(CCN(Cc4ccccc4[N+](=O)[O-])CC3)C2)cc1)N(Cc1ncc[nH]1)Cc1ncc[nH]1. The van der Waals surface area contributed by atoms with Gasteiger partial charge >= 0.3 is 0 Å². The van der Waals surface area contributed by atoms with Gasteiger partial charge in [-0.05, 0) is 62.0 Å². The molecule has 0 bridgehead atoms. The number of para-hydroxylation sites is 1. The Balaban J connectivity index is 1.03. The number of aromatic amines is 2. The van der Waals surface area contributed by atoms with Crippen LogP contribution in [0, 0.1) is 15.5 Å². The molecule has 4 heterocycles. The Hall–Kier alpha value is -4.35. The lowest BCUT2D eigenvalue weighted by Crippen LogP contribution is -2.41. The fourth-order valence-electron chi connectivity index (χ4n) is 6.34. The number of likely N-dealkylation sites (tertiary alicyclic amines) is 2. The fourth-order valence-corrected chi connectivity index (χ4v) is 6.34. The molecule has 6 rings (SSSR count). The summed E-state index contributed by atoms with van der Waals surface area (Å²) in [5.41, 5.74) is 3.15. The predicted molar refractivity (Wildman–Crippen MR) is 157 cm³/mol. The van der Waals surface area contributed by atoms with E-state index in [0.717, 1.165) is 62.8 Å². The lowest BCUT2D eigenvalue weighted by molar-refractivity contribution is -0.385. The van der Waals surface area contributed by atoms with E-state index in [1.54, 1.807) is 41.8 Å². The van der Waals surface area contributed by atoms with Crippen LogP contribution in [0.4, 0.5) is 5.69 Å². The summed E-state index contributed by atoms with van der Waals surface area (Å²) >= 11 is 0. The first-order chi connectivity index (χ1) is 20.5. The molecule has 0 unspecified atom stereocenters. The summed E-state index contributed by atoms with van der Waals surface area (Å²) in [5, 5.41) is 11.4. The van der Waals surface area contributed by atoms with Crippen molar-refractivity contribution in [3.05, 3.63) is 112 Å². The number of nitro groups is 1. The van der Waals surface area contributed by atoms with Gasteiger partial charge in [0.25, 0.3) is 11.6 Å². The molecule has 0 saturated carbocycles. The largest absolute Gasteiger partial charge is 0.347 e. The van der Waals surface area contributed by atoms with E-state index in [1.807, 2.05) is 24.3 Å². The van der Waals surface area contributed by atoms with E-state index in [2.05, 4.69) is 41.9 Å². The molecule has 4 aromatic rings. The topological polar surface area (TPSA) is 127 Å². The summed E-state index contributed by atoms with van der Waals surface area (Å²) in [4.78, 5) is 45.9. The van der Waals surface area contributed by atoms with Gasteiger partial charge in [0.05, 0.1) is 18.0 Å². The molecule has 0 atom stereocenters. The van der Waals surface area contributed by atoms with Gasteiger partial charge in [0, 0.05) is 61.6 Å². The minimum absolute atomic E-state index is 0.0675. The summed E-state index contributed by atoms with van der Waals surface area (Å²) < 4.78 is 0. The van der Waals surface area contributed by atoms with Crippen molar-refractivity contribution < 1.29 is 9.72 Å². The fraction of sp³-hybridized carbons (Fsp3) is 0.387. The van der Waals surface area contributed by atoms with Gasteiger partial charge in [0.15, 0.2) is 0 Å². The Labute approximate surface area is 244 Å². The van der Waals surface area contributed by atoms with Crippen LogP contribution in [-0.2, 0) is 26.2 Å². The molecule has 2 aliphatic heterocycles. The zero-order valence-corrected chi connectivity index (χ0v) is 23.6. The number of hydrogen-bond donors (Lipinski definition) is 2. The van der Waals surface area contributed by atoms with E-state index in [4.69, 9.17) is 0 Å². The monoisotopic (exact) mass is 568 g/mol. The van der Waals surface area contributed by atoms with Crippen LogP contribution >= 0.6 is 0 Å². The van der Waals surface area contributed by atoms with Gasteiger partial charge in [-0.25, -0.2) is 9.97 Å². The highest BCUT2D eigenvalue weighted by Gasteiger charge is 2.40. The average molecular weight is 569 g/mol. The van der Waals surface area contributed by atoms with Crippen LogP contribution in [0.1, 0.15) is 52.4 Å². The van der Waals surface area contributed by atoms with Crippen LogP contribution in [0.5, 0.6) is 0 Å². The van der Waals surface area contributed by atoms with Gasteiger partial charge in [0.2, 0.25) is 0 Å². The molecule has 218 valence electrons. The van der Waals surface area contributed by atoms with Gasteiger partial charge in [0.1, 0.15) is 11.6 Å². The molecule has 2 aromatic carbocycles. The first-order valence-electron chi connectivity index (χ1n) is 14.5. The summed E-state index contributed by atoms with van der Waals surface area (Å²) in [7, 11) is 0. The van der Waals surface area contributed by atoms with Crippen LogP contribution in [0.2, 0.25) is 0 Å². The van der Waals surface area contributed by atoms with Crippen molar-refractivity contribution in [1.29, 1.82) is 0 Å². The van der Waals surface area contributed by atoms with Gasteiger partial charge < -0.3 is 14.9 Å². The maximum Gasteiger partial charge on any atom is 0.273 e. The van der Waals surface area contributed by atoms with Gasteiger partial charge in [-0.3, -0.25) is 24.7 Å². The van der Waals surface area contributed by atoms with Crippen LogP contribution in [0.15, 0.2) is 73.3 Å². The van der Waals surface area contributed by atoms with Crippen molar-refractivity contribution in [3.63, 3.8) is 0 Å². The third-order valence-corrected chi connectivity index (χ3v) is 8.70. The lowest BCUT2D eigenvalue weighted by atomic mass is 9.77. The van der Waals surface area contributed by atoms with Crippen LogP contribution in [0.25, 0.3) is 0 Å². The number of rotatable bonds is 10. The summed E-state index contributed by atoms with van der Waals surface area (Å²) in [6.07, 6.45) is 10.3. The van der Waals surface area contributed by atoms with Crippen molar-refractivity contribution in [2.24, 2.45) is 5.41 Å². The van der Waals surface area contributed by atoms with Crippen molar-refractivity contribution in [2.75, 3.05) is 26.2 Å². The minimum atomic E-state index is -0.282. The normalized spacial score (nSPS) is 17.0. The summed E-state index contributed by atoms with van der Waals surface area (Å²) in [6.45, 7) is 6.26. The number of nitro benzene ring substituents is 1. The van der Waals surface area contributed by atoms with Crippen molar-refractivity contribution in [2.45, 2.75) is 45.4 Å². The molecule has 2 fully saturated rings. The minimum Gasteiger partial charge on any atom is -0.347 e. The Bertz CT molecular complexity index is 1440. The van der Waals surface area contributed by atoms with Crippen LogP contribution < -0.4 is 0 Å². The van der Waals surface area contributed by atoms with Gasteiger partial charge in [-0.15, -0.1) is 0 Å². The Kier molecular flexibility index (Phi) is 8.11. The number of carbonyl (C=O) groups excluding carboxylic acids is 1. The number of imidazole rings is 2. The Morgan fingerprint density at radius 3 is 2.10 bits per heavy atom. The molecular weight excluding hydrogens is 532 g/mol. The highest BCUT2D eigenvalue weighted by molar-refractivity contribution is 5.94. The first-order valence-corrected chi connectivity index (χ1v) is 14.5. The van der Waals surface area contributed by atoms with E-state index in [9.17, 15) is 14.9 Å². The Morgan fingerprint density at radius 2 is 1.50 bits per heavy atom. The van der Waals surface area contributed by atoms with E-state index in [-0.39, 0.29) is 16.5 Å². The van der Waals surface area contributed by atoms with E-state index in [1.165, 1.54) is 12.0 Å². The van der Waals surface area contributed by atoms with E-state index >= 15 is 0 Å². The van der Waals surface area contributed by atoms with Gasteiger partial charge in [-0.2, -0.15) is 0 Å². The number of nitrogens with one attached hydrogen (secondary N) is 2. The number of aromatic nitrogens is 4. The third-order valence-electron chi connectivity index (χ3n) is 8.70. The second kappa shape index (κ2) is 12.3. The number of carbonyl (C=O) groups is 1. The zero-order chi connectivity index (χ0) is 28.9. The number of nitrogens with zero attached hydrogens (tertiary/aromatic N) is 6. The summed E-state index contributed by atoms with van der Waals surface area (Å²) in [6, 6.07) is 15.0. The van der Waals surface area contributed by atoms with Crippen LogP contribution in [0.3, 0.4) is 0 Å². The second-order valence-electron chi connectivity index (χ2n) is 11.6. The highest BCUT2D eigenvalue weighted by Crippen LogP contribution is 2.41. The van der Waals surface area contributed by atoms with Crippen molar-refractivity contribution in [3.8, 4) is 0 Å². The molecule has 2 saturated heterocycles. The average Bonchev–Trinajstić information content (AvgIpc) is 3.78. The quantitative estimate of drug-likeness (QED) is 0.215. The molecule has 42 heavy (non-hydrogen) atoms. The molecule has 1 spiro atoms.